The van der Waals surface area contributed by atoms with Gasteiger partial charge in [0.1, 0.15) is 5.75 Å². The number of nitrogen functional groups attached to an aromatic ring is 2. The van der Waals surface area contributed by atoms with E-state index >= 15 is 0 Å². The van der Waals surface area contributed by atoms with Crippen LogP contribution in [0.3, 0.4) is 0 Å². The van der Waals surface area contributed by atoms with Crippen LogP contribution in [0.4, 0.5) is 11.4 Å². The van der Waals surface area contributed by atoms with Crippen molar-refractivity contribution in [1.29, 1.82) is 0 Å². The monoisotopic (exact) mass is 470 g/mol. The summed E-state index contributed by atoms with van der Waals surface area (Å²) in [7, 11) is 3.09. The molecule has 0 aliphatic carbocycles. The molecule has 1 aliphatic rings. The third-order valence-corrected chi connectivity index (χ3v) is 5.97. The summed E-state index contributed by atoms with van der Waals surface area (Å²) < 4.78 is 16.5. The van der Waals surface area contributed by atoms with E-state index in [1.807, 2.05) is 6.92 Å². The summed E-state index contributed by atoms with van der Waals surface area (Å²) in [5.41, 5.74) is 14.6. The molecule has 9 nitrogen and oxygen atoms in total. The first kappa shape index (κ1) is 25.0. The van der Waals surface area contributed by atoms with Crippen LogP contribution >= 0.6 is 0 Å². The van der Waals surface area contributed by atoms with Crippen molar-refractivity contribution in [1.82, 2.24) is 9.80 Å². The Hall–Kier alpha value is -3.62. The minimum absolute atomic E-state index is 0.183. The maximum Gasteiger partial charge on any atom is 0.256 e. The number of nitrogens with zero attached hydrogens (tertiary/aromatic N) is 2. The number of methoxy groups -OCH3 is 2. The quantitative estimate of drug-likeness (QED) is 0.449. The van der Waals surface area contributed by atoms with Crippen LogP contribution in [0.25, 0.3) is 0 Å². The molecule has 1 heterocycles. The third-order valence-electron chi connectivity index (χ3n) is 5.97. The van der Waals surface area contributed by atoms with Crippen LogP contribution in [0.1, 0.15) is 46.0 Å². The summed E-state index contributed by atoms with van der Waals surface area (Å²) in [4.78, 5) is 29.6. The minimum Gasteiger partial charge on any atom is -0.496 e. The molecular weight excluding hydrogens is 436 g/mol. The first-order valence-corrected chi connectivity index (χ1v) is 11.4. The highest BCUT2D eigenvalue weighted by Crippen LogP contribution is 2.33. The fraction of sp³-hybridized carbons (Fsp3) is 0.440. The molecule has 184 valence electrons. The predicted octanol–water partition coefficient (Wildman–Crippen LogP) is 2.95. The molecule has 0 unspecified atom stereocenters. The average molecular weight is 471 g/mol. The van der Waals surface area contributed by atoms with Crippen molar-refractivity contribution < 1.29 is 23.8 Å². The molecule has 0 saturated carbocycles. The van der Waals surface area contributed by atoms with E-state index in [4.69, 9.17) is 25.7 Å². The van der Waals surface area contributed by atoms with Gasteiger partial charge in [0, 0.05) is 43.6 Å². The highest BCUT2D eigenvalue weighted by Gasteiger charge is 2.28. The van der Waals surface area contributed by atoms with Gasteiger partial charge in [-0.15, -0.1) is 0 Å². The predicted molar refractivity (Wildman–Crippen MR) is 132 cm³/mol. The normalized spacial score (nSPS) is 13.5. The second-order valence-electron chi connectivity index (χ2n) is 8.29. The Kier molecular flexibility index (Phi) is 8.09. The Morgan fingerprint density at radius 2 is 1.32 bits per heavy atom. The van der Waals surface area contributed by atoms with E-state index in [-0.39, 0.29) is 11.8 Å². The number of carbonyl (C=O) groups excluding carboxylic acids is 2. The molecule has 0 bridgehead atoms. The van der Waals surface area contributed by atoms with Gasteiger partial charge in [-0.2, -0.15) is 0 Å². The Bertz CT molecular complexity index is 1050. The second-order valence-corrected chi connectivity index (χ2v) is 8.29. The van der Waals surface area contributed by atoms with Gasteiger partial charge in [-0.1, -0.05) is 13.3 Å². The van der Waals surface area contributed by atoms with E-state index in [2.05, 4.69) is 6.92 Å². The summed E-state index contributed by atoms with van der Waals surface area (Å²) in [6, 6.07) is 6.66. The standard InChI is InChI=1S/C25H34N4O5/c1-5-6-11-34-23-15-20(27)18(14-22(23)33-4)25(31)29-9-7-28(8-10-29)24(30)17-13-21(32-3)16(2)12-19(17)26/h12-15H,5-11,26-27H2,1-4H3. The van der Waals surface area contributed by atoms with Crippen molar-refractivity contribution in [3.63, 3.8) is 0 Å². The van der Waals surface area contributed by atoms with E-state index in [0.29, 0.717) is 72.5 Å². The maximum atomic E-state index is 13.2. The minimum atomic E-state index is -0.209. The van der Waals surface area contributed by atoms with Crippen LogP contribution in [0.5, 0.6) is 17.2 Å². The topological polar surface area (TPSA) is 120 Å². The molecule has 2 amide bonds. The lowest BCUT2D eigenvalue weighted by atomic mass is 10.1. The Morgan fingerprint density at radius 1 is 0.824 bits per heavy atom. The number of amides is 2. The average Bonchev–Trinajstić information content (AvgIpc) is 2.84. The van der Waals surface area contributed by atoms with E-state index in [1.54, 1.807) is 41.2 Å². The summed E-state index contributed by atoms with van der Waals surface area (Å²) in [5, 5.41) is 0. The van der Waals surface area contributed by atoms with Crippen LogP contribution in [0.2, 0.25) is 0 Å². The van der Waals surface area contributed by atoms with Crippen LogP contribution in [-0.4, -0.2) is 68.6 Å². The maximum absolute atomic E-state index is 13.2. The van der Waals surface area contributed by atoms with E-state index in [0.717, 1.165) is 18.4 Å². The van der Waals surface area contributed by atoms with Crippen LogP contribution < -0.4 is 25.7 Å². The van der Waals surface area contributed by atoms with Gasteiger partial charge in [0.2, 0.25) is 0 Å². The lowest BCUT2D eigenvalue weighted by Gasteiger charge is -2.35. The molecule has 3 rings (SSSR count). The molecule has 2 aromatic rings. The molecule has 2 aromatic carbocycles. The molecule has 0 radical (unpaired) electrons. The summed E-state index contributed by atoms with van der Waals surface area (Å²) in [5.74, 6) is 1.20. The number of ether oxygens (including phenoxy) is 3. The lowest BCUT2D eigenvalue weighted by Crippen LogP contribution is -2.50. The van der Waals surface area contributed by atoms with Crippen molar-refractivity contribution in [2.24, 2.45) is 0 Å². The van der Waals surface area contributed by atoms with Gasteiger partial charge in [0.05, 0.1) is 32.0 Å². The summed E-state index contributed by atoms with van der Waals surface area (Å²) in [6.07, 6.45) is 1.92. The van der Waals surface area contributed by atoms with Crippen LogP contribution in [-0.2, 0) is 0 Å². The van der Waals surface area contributed by atoms with E-state index < -0.39 is 0 Å². The first-order valence-electron chi connectivity index (χ1n) is 11.4. The largest absolute Gasteiger partial charge is 0.496 e. The second kappa shape index (κ2) is 11.0. The zero-order valence-corrected chi connectivity index (χ0v) is 20.3. The van der Waals surface area contributed by atoms with Gasteiger partial charge < -0.3 is 35.5 Å². The number of aryl methyl sites for hydroxylation is 1. The summed E-state index contributed by atoms with van der Waals surface area (Å²) in [6.45, 7) is 6.03. The molecule has 1 fully saturated rings. The number of carbonyl (C=O) groups is 2. The SMILES string of the molecule is CCCCOc1cc(N)c(C(=O)N2CCN(C(=O)c3cc(OC)c(C)cc3N)CC2)cc1OC. The molecule has 0 aromatic heterocycles. The Morgan fingerprint density at radius 3 is 1.82 bits per heavy atom. The number of nitrogens with two attached hydrogens (primary N) is 2. The smallest absolute Gasteiger partial charge is 0.256 e. The van der Waals surface area contributed by atoms with Gasteiger partial charge in [0.15, 0.2) is 11.5 Å². The summed E-state index contributed by atoms with van der Waals surface area (Å²) >= 11 is 0. The number of hydrogen-bond acceptors (Lipinski definition) is 7. The number of hydrogen-bond donors (Lipinski definition) is 2. The fourth-order valence-corrected chi connectivity index (χ4v) is 3.93. The zero-order valence-electron chi connectivity index (χ0n) is 20.3. The van der Waals surface area contributed by atoms with Crippen molar-refractivity contribution in [3.8, 4) is 17.2 Å². The first-order chi connectivity index (χ1) is 16.3. The van der Waals surface area contributed by atoms with E-state index in [1.165, 1.54) is 7.11 Å². The van der Waals surface area contributed by atoms with E-state index in [9.17, 15) is 9.59 Å². The Labute approximate surface area is 200 Å². The van der Waals surface area contributed by atoms with Crippen molar-refractivity contribution in [3.05, 3.63) is 41.0 Å². The molecule has 0 spiro atoms. The number of unbranched alkanes of at least 4 members (excludes halogenated alkanes) is 1. The fourth-order valence-electron chi connectivity index (χ4n) is 3.93. The number of anilines is 2. The molecule has 34 heavy (non-hydrogen) atoms. The molecule has 1 aliphatic heterocycles. The molecule has 1 saturated heterocycles. The van der Waals surface area contributed by atoms with Gasteiger partial charge >= 0.3 is 0 Å². The number of benzene rings is 2. The van der Waals surface area contributed by atoms with Gasteiger partial charge in [-0.25, -0.2) is 0 Å². The van der Waals surface area contributed by atoms with Gasteiger partial charge in [0.25, 0.3) is 11.8 Å². The van der Waals surface area contributed by atoms with Crippen LogP contribution in [0, 0.1) is 6.92 Å². The van der Waals surface area contributed by atoms with Crippen molar-refractivity contribution >= 4 is 23.2 Å². The van der Waals surface area contributed by atoms with Crippen molar-refractivity contribution in [2.45, 2.75) is 26.7 Å². The molecular formula is C25H34N4O5. The number of rotatable bonds is 8. The lowest BCUT2D eigenvalue weighted by molar-refractivity contribution is 0.0536. The van der Waals surface area contributed by atoms with Crippen LogP contribution in [0.15, 0.2) is 24.3 Å². The zero-order chi connectivity index (χ0) is 24.8. The molecule has 0 atom stereocenters. The molecule has 4 N–H and O–H groups in total. The molecule has 9 heteroatoms. The third kappa shape index (κ3) is 5.30. The van der Waals surface area contributed by atoms with Gasteiger partial charge in [-0.05, 0) is 37.1 Å². The Balaban J connectivity index is 1.69. The van der Waals surface area contributed by atoms with Crippen molar-refractivity contribution in [2.75, 3.05) is 58.5 Å². The number of piperazine rings is 1. The van der Waals surface area contributed by atoms with Gasteiger partial charge in [-0.3, -0.25) is 9.59 Å². The highest BCUT2D eigenvalue weighted by molar-refractivity contribution is 6.01. The highest BCUT2D eigenvalue weighted by atomic mass is 16.5.